The van der Waals surface area contributed by atoms with Crippen LogP contribution in [0.4, 0.5) is 34.1 Å². The van der Waals surface area contributed by atoms with Crippen LogP contribution in [0.25, 0.3) is 122 Å². The Balaban J connectivity index is 0.849. The lowest BCUT2D eigenvalue weighted by Crippen LogP contribution is -2.61. The summed E-state index contributed by atoms with van der Waals surface area (Å²) in [7, 11) is 0. The average molecular weight is 1480 g/mol. The van der Waals surface area contributed by atoms with Gasteiger partial charge in [-0.25, -0.2) is 0 Å². The summed E-state index contributed by atoms with van der Waals surface area (Å²) in [4.78, 5) is 5.28. The molecule has 15 aromatic carbocycles. The van der Waals surface area contributed by atoms with Gasteiger partial charge in [0.1, 0.15) is 0 Å². The number of hydrogen-bond donors (Lipinski definition) is 0. The van der Waals surface area contributed by atoms with Gasteiger partial charge in [-0.1, -0.05) is 307 Å². The van der Waals surface area contributed by atoms with Gasteiger partial charge < -0.3 is 18.9 Å². The van der Waals surface area contributed by atoms with E-state index in [1.165, 1.54) is 145 Å². The van der Waals surface area contributed by atoms with Crippen LogP contribution in [0.5, 0.6) is 0 Å². The molecule has 5 heteroatoms. The van der Waals surface area contributed by atoms with Gasteiger partial charge >= 0.3 is 0 Å². The second kappa shape index (κ2) is 26.1. The fraction of sp³-hybridized carbons (Fsp3) is 0.182. The van der Waals surface area contributed by atoms with Crippen molar-refractivity contribution in [3.8, 4) is 78.1 Å². The number of aromatic nitrogens is 2. The quantitative estimate of drug-likeness (QED) is 0.127. The number of nitrogens with zero attached hydrogens (tertiary/aromatic N) is 4. The van der Waals surface area contributed by atoms with Gasteiger partial charge in [-0.2, -0.15) is 0 Å². The molecule has 4 aliphatic rings. The molecule has 0 atom stereocenters. The molecule has 0 radical (unpaired) electrons. The minimum atomic E-state index is -0.219. The number of anilines is 6. The van der Waals surface area contributed by atoms with Gasteiger partial charge in [-0.3, -0.25) is 0 Å². The van der Waals surface area contributed by atoms with E-state index >= 15 is 0 Å². The van der Waals surface area contributed by atoms with Gasteiger partial charge in [0.2, 0.25) is 0 Å². The highest BCUT2D eigenvalue weighted by Gasteiger charge is 2.46. The Kier molecular flexibility index (Phi) is 16.0. The first-order valence-electron chi connectivity index (χ1n) is 41.6. The van der Waals surface area contributed by atoms with Crippen molar-refractivity contribution >= 4 is 101 Å². The molecule has 0 saturated heterocycles. The maximum absolute atomic E-state index is 2.65. The highest BCUT2D eigenvalue weighted by atomic mass is 15.2. The van der Waals surface area contributed by atoms with Crippen LogP contribution in [-0.4, -0.2) is 15.8 Å². The van der Waals surface area contributed by atoms with E-state index in [0.29, 0.717) is 0 Å². The van der Waals surface area contributed by atoms with E-state index < -0.39 is 0 Å². The zero-order valence-corrected chi connectivity index (χ0v) is 67.9. The smallest absolute Gasteiger partial charge is 0.252 e. The van der Waals surface area contributed by atoms with Crippen molar-refractivity contribution in [1.82, 2.24) is 9.13 Å². The van der Waals surface area contributed by atoms with Crippen molar-refractivity contribution in [2.45, 2.75) is 129 Å². The molecule has 2 aromatic heterocycles. The Morgan fingerprint density at radius 3 is 1.11 bits per heavy atom. The lowest BCUT2D eigenvalue weighted by Gasteiger charge is -2.45. The van der Waals surface area contributed by atoms with Crippen LogP contribution in [-0.2, 0) is 27.1 Å². The second-order valence-corrected chi connectivity index (χ2v) is 36.9. The Labute approximate surface area is 677 Å². The molecule has 0 N–H and O–H groups in total. The van der Waals surface area contributed by atoms with Gasteiger partial charge in [0.25, 0.3) is 6.71 Å². The Bertz CT molecular complexity index is 6710. The third-order valence-electron chi connectivity index (χ3n) is 27.0. The number of fused-ring (bicyclic) bond motifs is 12. The highest BCUT2D eigenvalue weighted by molar-refractivity contribution is 7.00. The lowest BCUT2D eigenvalue weighted by molar-refractivity contribution is 0.332. The third kappa shape index (κ3) is 11.4. The fourth-order valence-electron chi connectivity index (χ4n) is 20.5. The van der Waals surface area contributed by atoms with E-state index in [0.717, 1.165) is 80.4 Å². The second-order valence-electron chi connectivity index (χ2n) is 36.9. The molecule has 21 rings (SSSR count). The van der Waals surface area contributed by atoms with Crippen molar-refractivity contribution in [2.24, 2.45) is 0 Å². The molecule has 0 spiro atoms. The van der Waals surface area contributed by atoms with E-state index in [4.69, 9.17) is 0 Å². The average Bonchev–Trinajstić information content (AvgIpc) is 1.39. The van der Waals surface area contributed by atoms with Crippen molar-refractivity contribution < 1.29 is 0 Å². The van der Waals surface area contributed by atoms with Crippen LogP contribution >= 0.6 is 0 Å². The Morgan fingerprint density at radius 1 is 0.252 bits per heavy atom. The van der Waals surface area contributed by atoms with Crippen LogP contribution in [0.3, 0.4) is 0 Å². The van der Waals surface area contributed by atoms with E-state index in [1.807, 2.05) is 0 Å². The van der Waals surface area contributed by atoms with Gasteiger partial charge in [0.15, 0.2) is 0 Å². The summed E-state index contributed by atoms with van der Waals surface area (Å²) in [6, 6.07) is 126. The summed E-state index contributed by atoms with van der Waals surface area (Å²) < 4.78 is 5.10. The van der Waals surface area contributed by atoms with Crippen LogP contribution in [0.1, 0.15) is 130 Å². The van der Waals surface area contributed by atoms with E-state index in [1.54, 1.807) is 0 Å². The SMILES string of the molecule is CC(C)(C)c1ccccc1-c1ccc2c(c1)B1c3ccc(-n4c5ccc(-c6ccccc6)cc5c5cc(-c6ccccc6)ccc54)cc3N(c3ccc(-c4ccc5c(c4)C(C)(C)CCC5(C)C)cc3)c3cc(-n4c5ccccc5c5cc(-c6ccccc6)ccc54)cc(c31)N2c1ccc(-c2ccc3c(c2)C(C)(C)CCC3(C)C)cc1. The Morgan fingerprint density at radius 2 is 0.617 bits per heavy atom. The number of hydrogen-bond acceptors (Lipinski definition) is 2. The maximum atomic E-state index is 2.65. The molecule has 4 heterocycles. The first-order valence-corrected chi connectivity index (χ1v) is 41.6. The van der Waals surface area contributed by atoms with Crippen molar-refractivity contribution in [1.29, 1.82) is 0 Å². The molecule has 4 nitrogen and oxygen atoms in total. The highest BCUT2D eigenvalue weighted by Crippen LogP contribution is 2.53. The topological polar surface area (TPSA) is 16.3 Å². The predicted octanol–water partition coefficient (Wildman–Crippen LogP) is 28.0. The van der Waals surface area contributed by atoms with Crippen LogP contribution in [0.2, 0.25) is 0 Å². The molecule has 0 bridgehead atoms. The summed E-state index contributed by atoms with van der Waals surface area (Å²) >= 11 is 0. The fourth-order valence-corrected chi connectivity index (χ4v) is 20.5. The van der Waals surface area contributed by atoms with E-state index in [9.17, 15) is 0 Å². The van der Waals surface area contributed by atoms with E-state index in [2.05, 4.69) is 423 Å². The van der Waals surface area contributed by atoms with Crippen molar-refractivity contribution in [3.63, 3.8) is 0 Å². The molecule has 0 fully saturated rings. The maximum Gasteiger partial charge on any atom is 0.252 e. The Hall–Kier alpha value is -12.4. The van der Waals surface area contributed by atoms with Crippen molar-refractivity contribution in [3.05, 3.63) is 355 Å². The molecule has 0 saturated carbocycles. The largest absolute Gasteiger partial charge is 0.311 e. The van der Waals surface area contributed by atoms with Gasteiger partial charge in [-0.15, -0.1) is 0 Å². The summed E-state index contributed by atoms with van der Waals surface area (Å²) in [6.45, 7) is 26.3. The summed E-state index contributed by atoms with van der Waals surface area (Å²) in [6.07, 6.45) is 4.67. The lowest BCUT2D eigenvalue weighted by atomic mass is 9.33. The molecule has 2 aliphatic heterocycles. The number of benzene rings is 15. The third-order valence-corrected chi connectivity index (χ3v) is 27.0. The first-order chi connectivity index (χ1) is 55.6. The van der Waals surface area contributed by atoms with Crippen LogP contribution in [0.15, 0.2) is 328 Å². The number of rotatable bonds is 10. The van der Waals surface area contributed by atoms with Crippen LogP contribution in [0, 0.1) is 0 Å². The first kappa shape index (κ1) is 70.4. The standard InChI is InChI=1S/C110H95BN4/c1-106(2,3)90-33-23-21-31-85(90)80-44-56-101-96(66-80)111-95-52-49-83(114-99-54-42-76(71-27-17-13-18-28-71)62-88(99)89-63-77(43-55-100(89)114)72-29-19-14-20-30-72)67-102(95)113(82-47-37-74(38-48-82)79-40-51-92-94(65-79)110(10,11)60-58-108(92,6)7)104-69-84(115-97-34-24-22-32-86(97)87-61-75(41-53-98(87)115)70-25-15-12-16-26-70)68-103(105(104)111)112(101)81-45-35-73(36-46-81)78-39-50-91-93(64-78)109(8,9)59-57-107(91,4)5/h12-56,61-69H,57-60H2,1-11H3. The minimum Gasteiger partial charge on any atom is -0.311 e. The molecular formula is C110H95BN4. The summed E-state index contributed by atoms with van der Waals surface area (Å²) in [5, 5.41) is 4.85. The molecule has 17 aromatic rings. The number of para-hydroxylation sites is 1. The zero-order chi connectivity index (χ0) is 78.2. The normalized spacial score (nSPS) is 15.5. The molecule has 115 heavy (non-hydrogen) atoms. The van der Waals surface area contributed by atoms with Gasteiger partial charge in [0, 0.05) is 61.4 Å². The van der Waals surface area contributed by atoms with Crippen LogP contribution < -0.4 is 26.2 Å². The monoisotopic (exact) mass is 1480 g/mol. The summed E-state index contributed by atoms with van der Waals surface area (Å²) in [5.41, 5.74) is 39.3. The molecule has 0 unspecified atom stereocenters. The molecule has 2 aliphatic carbocycles. The van der Waals surface area contributed by atoms with Crippen molar-refractivity contribution in [2.75, 3.05) is 9.80 Å². The summed E-state index contributed by atoms with van der Waals surface area (Å²) in [5.74, 6) is 0. The minimum absolute atomic E-state index is 0.0593. The van der Waals surface area contributed by atoms with E-state index in [-0.39, 0.29) is 33.8 Å². The van der Waals surface area contributed by atoms with Gasteiger partial charge in [-0.05, 0) is 261 Å². The molecular weight excluding hydrogens is 1390 g/mol. The zero-order valence-electron chi connectivity index (χ0n) is 67.9. The molecule has 558 valence electrons. The molecule has 0 amide bonds. The predicted molar refractivity (Wildman–Crippen MR) is 491 cm³/mol. The van der Waals surface area contributed by atoms with Gasteiger partial charge in [0.05, 0.1) is 27.8 Å².